The van der Waals surface area contributed by atoms with Gasteiger partial charge in [-0.1, -0.05) is 48.5 Å². The number of hydrogen-bond acceptors (Lipinski definition) is 4. The lowest BCUT2D eigenvalue weighted by molar-refractivity contribution is 0.927. The number of aromatic nitrogens is 4. The summed E-state index contributed by atoms with van der Waals surface area (Å²) < 4.78 is 2.08. The second-order valence-corrected chi connectivity index (χ2v) is 6.33. The zero-order valence-electron chi connectivity index (χ0n) is 14.6. The molecule has 3 aromatic heterocycles. The van der Waals surface area contributed by atoms with E-state index >= 15 is 0 Å². The normalized spacial score (nSPS) is 11.1. The van der Waals surface area contributed by atoms with E-state index in [1.165, 1.54) is 5.56 Å². The van der Waals surface area contributed by atoms with Gasteiger partial charge in [0.2, 0.25) is 0 Å². The maximum absolute atomic E-state index is 4.97. The van der Waals surface area contributed by atoms with Crippen LogP contribution in [0.4, 0.5) is 11.6 Å². The van der Waals surface area contributed by atoms with Gasteiger partial charge >= 0.3 is 0 Å². The lowest BCUT2D eigenvalue weighted by Gasteiger charge is -2.24. The summed E-state index contributed by atoms with van der Waals surface area (Å²) in [6.45, 7) is 0.671. The zero-order valence-corrected chi connectivity index (χ0v) is 14.6. The molecule has 5 aromatic rings. The Morgan fingerprint density at radius 1 is 0.815 bits per heavy atom. The van der Waals surface area contributed by atoms with Crippen LogP contribution in [-0.2, 0) is 6.54 Å². The van der Waals surface area contributed by atoms with Gasteiger partial charge in [-0.05, 0) is 29.8 Å². The molecule has 0 aliphatic heterocycles. The number of para-hydroxylation sites is 2. The van der Waals surface area contributed by atoms with Crippen molar-refractivity contribution in [3.8, 4) is 0 Å². The smallest absolute Gasteiger partial charge is 0.161 e. The maximum Gasteiger partial charge on any atom is 0.161 e. The number of imidazole rings is 1. The van der Waals surface area contributed by atoms with Crippen LogP contribution in [0, 0.1) is 0 Å². The summed E-state index contributed by atoms with van der Waals surface area (Å²) >= 11 is 0. The molecule has 0 saturated carbocycles. The molecule has 0 saturated heterocycles. The standard InChI is InChI=1S/C22H17N5/c1-2-8-17(9-3-1)15-26(21-12-6-7-13-24-21)22-20-14-23-16-27(20)19-11-5-4-10-18(19)25-22/h1-14,16H,15H2. The molecule has 3 heterocycles. The SMILES string of the molecule is c1ccc(CN(c2ccccn2)c2nc3ccccc3n3cncc23)cc1. The topological polar surface area (TPSA) is 46.3 Å². The fraction of sp³-hybridized carbons (Fsp3) is 0.0455. The van der Waals surface area contributed by atoms with Crippen molar-refractivity contribution in [2.45, 2.75) is 6.54 Å². The van der Waals surface area contributed by atoms with Crippen molar-refractivity contribution in [2.24, 2.45) is 0 Å². The predicted octanol–water partition coefficient (Wildman–Crippen LogP) is 4.62. The molecule has 5 heteroatoms. The monoisotopic (exact) mass is 351 g/mol. The van der Waals surface area contributed by atoms with Crippen LogP contribution >= 0.6 is 0 Å². The molecule has 0 aliphatic carbocycles. The number of benzene rings is 2. The highest BCUT2D eigenvalue weighted by molar-refractivity contribution is 5.86. The van der Waals surface area contributed by atoms with Crippen molar-refractivity contribution in [3.05, 3.63) is 97.1 Å². The van der Waals surface area contributed by atoms with E-state index in [1.807, 2.05) is 73.3 Å². The van der Waals surface area contributed by atoms with E-state index in [2.05, 4.69) is 37.5 Å². The minimum atomic E-state index is 0.671. The van der Waals surface area contributed by atoms with E-state index in [0.29, 0.717) is 6.54 Å². The lowest BCUT2D eigenvalue weighted by atomic mass is 10.2. The Bertz CT molecular complexity index is 1200. The third-order valence-corrected chi connectivity index (χ3v) is 4.60. The highest BCUT2D eigenvalue weighted by atomic mass is 15.3. The van der Waals surface area contributed by atoms with Crippen LogP contribution in [0.1, 0.15) is 5.56 Å². The Morgan fingerprint density at radius 3 is 2.48 bits per heavy atom. The summed E-state index contributed by atoms with van der Waals surface area (Å²) in [6, 6.07) is 24.4. The molecule has 0 amide bonds. The van der Waals surface area contributed by atoms with E-state index in [4.69, 9.17) is 4.98 Å². The van der Waals surface area contributed by atoms with E-state index < -0.39 is 0 Å². The van der Waals surface area contributed by atoms with E-state index in [1.54, 1.807) is 0 Å². The van der Waals surface area contributed by atoms with Gasteiger partial charge in [0.05, 0.1) is 30.1 Å². The van der Waals surface area contributed by atoms with Crippen molar-refractivity contribution in [1.82, 2.24) is 19.4 Å². The first-order chi connectivity index (χ1) is 13.4. The first-order valence-corrected chi connectivity index (χ1v) is 8.83. The summed E-state index contributed by atoms with van der Waals surface area (Å²) in [7, 11) is 0. The highest BCUT2D eigenvalue weighted by Crippen LogP contribution is 2.30. The summed E-state index contributed by atoms with van der Waals surface area (Å²) in [5, 5.41) is 0. The van der Waals surface area contributed by atoms with Gasteiger partial charge in [-0.25, -0.2) is 15.0 Å². The number of rotatable bonds is 4. The molecule has 5 nitrogen and oxygen atoms in total. The second kappa shape index (κ2) is 6.53. The molecule has 0 fully saturated rings. The molecule has 5 rings (SSSR count). The third kappa shape index (κ3) is 2.79. The van der Waals surface area contributed by atoms with Gasteiger partial charge in [-0.3, -0.25) is 4.40 Å². The Labute approximate surface area is 156 Å². The molecule has 27 heavy (non-hydrogen) atoms. The summed E-state index contributed by atoms with van der Waals surface area (Å²) in [4.78, 5) is 16.1. The van der Waals surface area contributed by atoms with Crippen molar-refractivity contribution in [1.29, 1.82) is 0 Å². The molecule has 0 aliphatic rings. The average molecular weight is 351 g/mol. The molecule has 0 N–H and O–H groups in total. The number of fused-ring (bicyclic) bond motifs is 3. The van der Waals surface area contributed by atoms with Crippen LogP contribution in [0.5, 0.6) is 0 Å². The Kier molecular flexibility index (Phi) is 3.76. The molecule has 2 aromatic carbocycles. The molecule has 130 valence electrons. The third-order valence-electron chi connectivity index (χ3n) is 4.60. The minimum absolute atomic E-state index is 0.671. The molecule has 0 radical (unpaired) electrons. The van der Waals surface area contributed by atoms with Crippen LogP contribution in [-0.4, -0.2) is 19.4 Å². The number of anilines is 2. The fourth-order valence-corrected chi connectivity index (χ4v) is 3.33. The van der Waals surface area contributed by atoms with E-state index in [0.717, 1.165) is 28.2 Å². The molecular formula is C22H17N5. The summed E-state index contributed by atoms with van der Waals surface area (Å²) in [5.74, 6) is 1.70. The van der Waals surface area contributed by atoms with Crippen LogP contribution < -0.4 is 4.90 Å². The molecule has 0 unspecified atom stereocenters. The van der Waals surface area contributed by atoms with Crippen LogP contribution in [0.2, 0.25) is 0 Å². The van der Waals surface area contributed by atoms with Gasteiger partial charge in [0.25, 0.3) is 0 Å². The molecule has 0 bridgehead atoms. The maximum atomic E-state index is 4.97. The highest BCUT2D eigenvalue weighted by Gasteiger charge is 2.18. The number of nitrogens with zero attached hydrogens (tertiary/aromatic N) is 5. The Hall–Kier alpha value is -3.73. The van der Waals surface area contributed by atoms with Gasteiger partial charge < -0.3 is 4.90 Å². The van der Waals surface area contributed by atoms with Crippen molar-refractivity contribution >= 4 is 28.2 Å². The first-order valence-electron chi connectivity index (χ1n) is 8.83. The largest absolute Gasteiger partial charge is 0.305 e. The Balaban J connectivity index is 1.74. The van der Waals surface area contributed by atoms with Crippen LogP contribution in [0.25, 0.3) is 16.6 Å². The number of pyridine rings is 1. The van der Waals surface area contributed by atoms with Crippen molar-refractivity contribution in [2.75, 3.05) is 4.90 Å². The van der Waals surface area contributed by atoms with Gasteiger partial charge in [0, 0.05) is 6.20 Å². The van der Waals surface area contributed by atoms with Crippen LogP contribution in [0.3, 0.4) is 0 Å². The second-order valence-electron chi connectivity index (χ2n) is 6.33. The first kappa shape index (κ1) is 15.5. The average Bonchev–Trinajstić information content (AvgIpc) is 3.23. The van der Waals surface area contributed by atoms with Gasteiger partial charge in [-0.2, -0.15) is 0 Å². The quantitative estimate of drug-likeness (QED) is 0.474. The lowest BCUT2D eigenvalue weighted by Crippen LogP contribution is -2.19. The number of hydrogen-bond donors (Lipinski definition) is 0. The molecule has 0 atom stereocenters. The van der Waals surface area contributed by atoms with Crippen LogP contribution in [0.15, 0.2) is 91.5 Å². The van der Waals surface area contributed by atoms with E-state index in [-0.39, 0.29) is 0 Å². The zero-order chi connectivity index (χ0) is 18.1. The van der Waals surface area contributed by atoms with Crippen molar-refractivity contribution < 1.29 is 0 Å². The fourth-order valence-electron chi connectivity index (χ4n) is 3.33. The predicted molar refractivity (Wildman–Crippen MR) is 107 cm³/mol. The van der Waals surface area contributed by atoms with Gasteiger partial charge in [0.15, 0.2) is 5.82 Å². The van der Waals surface area contributed by atoms with Gasteiger partial charge in [0.1, 0.15) is 11.3 Å². The summed E-state index contributed by atoms with van der Waals surface area (Å²) in [6.07, 6.45) is 5.50. The van der Waals surface area contributed by atoms with Crippen molar-refractivity contribution in [3.63, 3.8) is 0 Å². The minimum Gasteiger partial charge on any atom is -0.305 e. The molecule has 0 spiro atoms. The van der Waals surface area contributed by atoms with E-state index in [9.17, 15) is 0 Å². The molecular weight excluding hydrogens is 334 g/mol. The summed E-state index contributed by atoms with van der Waals surface area (Å²) in [5.41, 5.74) is 4.10. The van der Waals surface area contributed by atoms with Gasteiger partial charge in [-0.15, -0.1) is 0 Å². The Morgan fingerprint density at radius 2 is 1.63 bits per heavy atom.